The van der Waals surface area contributed by atoms with Gasteiger partial charge in [-0.2, -0.15) is 0 Å². The van der Waals surface area contributed by atoms with Crippen LogP contribution in [-0.2, 0) is 0 Å². The van der Waals surface area contributed by atoms with Crippen LogP contribution in [0.3, 0.4) is 0 Å². The summed E-state index contributed by atoms with van der Waals surface area (Å²) < 4.78 is 21.5. The molecule has 30 heavy (non-hydrogen) atoms. The highest BCUT2D eigenvalue weighted by atomic mass is 16.5. The lowest BCUT2D eigenvalue weighted by molar-refractivity contribution is 0.0844. The van der Waals surface area contributed by atoms with E-state index in [0.29, 0.717) is 41.1 Å². The van der Waals surface area contributed by atoms with Gasteiger partial charge in [-0.3, -0.25) is 20.4 Å². The Labute approximate surface area is 176 Å². The number of carbonyl (C=O) groups excluding carboxylic acids is 2. The molecule has 2 amide bonds. The van der Waals surface area contributed by atoms with Crippen molar-refractivity contribution < 1.29 is 28.5 Å². The SMILES string of the molecule is COc1cc(C(=O)NNC(=O)c2ccccc2OCCC(C)C)cc(OC)c1OC. The zero-order chi connectivity index (χ0) is 22.1. The van der Waals surface area contributed by atoms with Crippen LogP contribution in [0.5, 0.6) is 23.0 Å². The lowest BCUT2D eigenvalue weighted by Gasteiger charge is -2.15. The van der Waals surface area contributed by atoms with Crippen LogP contribution in [0.4, 0.5) is 0 Å². The van der Waals surface area contributed by atoms with Gasteiger partial charge < -0.3 is 18.9 Å². The molecule has 0 bridgehead atoms. The molecule has 0 aliphatic rings. The first-order valence-corrected chi connectivity index (χ1v) is 9.53. The summed E-state index contributed by atoms with van der Waals surface area (Å²) in [5, 5.41) is 0. The van der Waals surface area contributed by atoms with Gasteiger partial charge in [0.2, 0.25) is 5.75 Å². The third-order valence-electron chi connectivity index (χ3n) is 4.30. The second-order valence-corrected chi connectivity index (χ2v) is 6.85. The molecule has 0 aliphatic heterocycles. The summed E-state index contributed by atoms with van der Waals surface area (Å²) in [5.41, 5.74) is 5.36. The molecule has 0 radical (unpaired) electrons. The van der Waals surface area contributed by atoms with Gasteiger partial charge in [0.05, 0.1) is 33.5 Å². The molecule has 0 heterocycles. The van der Waals surface area contributed by atoms with E-state index in [1.54, 1.807) is 24.3 Å². The topological polar surface area (TPSA) is 95.1 Å². The van der Waals surface area contributed by atoms with Gasteiger partial charge in [0.15, 0.2) is 11.5 Å². The Morgan fingerprint density at radius 2 is 1.47 bits per heavy atom. The Balaban J connectivity index is 2.09. The van der Waals surface area contributed by atoms with Crippen molar-refractivity contribution in [2.45, 2.75) is 20.3 Å². The predicted octanol–water partition coefficient (Wildman–Crippen LogP) is 3.21. The lowest BCUT2D eigenvalue weighted by atomic mass is 10.1. The lowest BCUT2D eigenvalue weighted by Crippen LogP contribution is -2.41. The molecule has 0 saturated carbocycles. The van der Waals surface area contributed by atoms with E-state index in [-0.39, 0.29) is 5.56 Å². The molecule has 0 saturated heterocycles. The molecule has 8 heteroatoms. The fourth-order valence-electron chi connectivity index (χ4n) is 2.65. The quantitative estimate of drug-likeness (QED) is 0.610. The molecule has 2 aromatic rings. The summed E-state index contributed by atoms with van der Waals surface area (Å²) in [7, 11) is 4.38. The third-order valence-corrected chi connectivity index (χ3v) is 4.30. The smallest absolute Gasteiger partial charge is 0.273 e. The summed E-state index contributed by atoms with van der Waals surface area (Å²) in [6, 6.07) is 9.85. The van der Waals surface area contributed by atoms with Crippen molar-refractivity contribution in [3.8, 4) is 23.0 Å². The van der Waals surface area contributed by atoms with Crippen molar-refractivity contribution in [2.24, 2.45) is 5.92 Å². The van der Waals surface area contributed by atoms with Crippen LogP contribution in [0, 0.1) is 5.92 Å². The number of methoxy groups -OCH3 is 3. The first-order valence-electron chi connectivity index (χ1n) is 9.53. The van der Waals surface area contributed by atoms with E-state index < -0.39 is 11.8 Å². The van der Waals surface area contributed by atoms with Gasteiger partial charge in [-0.1, -0.05) is 26.0 Å². The van der Waals surface area contributed by atoms with Crippen molar-refractivity contribution in [3.05, 3.63) is 47.5 Å². The number of para-hydroxylation sites is 1. The monoisotopic (exact) mass is 416 g/mol. The minimum Gasteiger partial charge on any atom is -0.493 e. The third kappa shape index (κ3) is 5.79. The van der Waals surface area contributed by atoms with Crippen LogP contribution in [0.2, 0.25) is 0 Å². The van der Waals surface area contributed by atoms with E-state index in [2.05, 4.69) is 24.7 Å². The molecule has 2 N–H and O–H groups in total. The maximum Gasteiger partial charge on any atom is 0.273 e. The summed E-state index contributed by atoms with van der Waals surface area (Å²) >= 11 is 0. The van der Waals surface area contributed by atoms with Gasteiger partial charge in [-0.05, 0) is 36.6 Å². The molecule has 0 unspecified atom stereocenters. The van der Waals surface area contributed by atoms with Gasteiger partial charge >= 0.3 is 0 Å². The van der Waals surface area contributed by atoms with Crippen molar-refractivity contribution in [2.75, 3.05) is 27.9 Å². The molecule has 2 aromatic carbocycles. The fraction of sp³-hybridized carbons (Fsp3) is 0.364. The number of benzene rings is 2. The van der Waals surface area contributed by atoms with Gasteiger partial charge in [-0.25, -0.2) is 0 Å². The predicted molar refractivity (Wildman–Crippen MR) is 112 cm³/mol. The van der Waals surface area contributed by atoms with Gasteiger partial charge in [0, 0.05) is 5.56 Å². The molecule has 162 valence electrons. The molecular formula is C22H28N2O6. The van der Waals surface area contributed by atoms with Crippen LogP contribution in [0.1, 0.15) is 41.0 Å². The van der Waals surface area contributed by atoms with Gasteiger partial charge in [0.25, 0.3) is 11.8 Å². The normalized spacial score (nSPS) is 10.3. The summed E-state index contributed by atoms with van der Waals surface area (Å²) in [5.74, 6) is 0.945. The van der Waals surface area contributed by atoms with E-state index in [1.807, 2.05) is 0 Å². The first kappa shape index (κ1) is 22.9. The van der Waals surface area contributed by atoms with Crippen molar-refractivity contribution in [1.29, 1.82) is 0 Å². The van der Waals surface area contributed by atoms with Gasteiger partial charge in [-0.15, -0.1) is 0 Å². The number of ether oxygens (including phenoxy) is 4. The highest BCUT2D eigenvalue weighted by Gasteiger charge is 2.18. The summed E-state index contributed by atoms with van der Waals surface area (Å²) in [6.07, 6.45) is 0.869. The van der Waals surface area contributed by atoms with Crippen LogP contribution in [0.25, 0.3) is 0 Å². The number of hydrogen-bond acceptors (Lipinski definition) is 6. The molecule has 0 aromatic heterocycles. The maximum atomic E-state index is 12.6. The van der Waals surface area contributed by atoms with Crippen LogP contribution in [-0.4, -0.2) is 39.8 Å². The fourth-order valence-corrected chi connectivity index (χ4v) is 2.65. The molecule has 8 nitrogen and oxygen atoms in total. The van der Waals surface area contributed by atoms with Crippen LogP contribution < -0.4 is 29.8 Å². The average Bonchev–Trinajstić information content (AvgIpc) is 2.76. The van der Waals surface area contributed by atoms with Crippen LogP contribution >= 0.6 is 0 Å². The first-order chi connectivity index (χ1) is 14.4. The maximum absolute atomic E-state index is 12.6. The van der Waals surface area contributed by atoms with Crippen molar-refractivity contribution in [1.82, 2.24) is 10.9 Å². The number of rotatable bonds is 9. The molecule has 0 spiro atoms. The molecule has 0 atom stereocenters. The highest BCUT2D eigenvalue weighted by Crippen LogP contribution is 2.38. The molecule has 2 rings (SSSR count). The number of hydrogen-bond donors (Lipinski definition) is 2. The Morgan fingerprint density at radius 1 is 0.867 bits per heavy atom. The Morgan fingerprint density at radius 3 is 2.03 bits per heavy atom. The van der Waals surface area contributed by atoms with Crippen molar-refractivity contribution >= 4 is 11.8 Å². The van der Waals surface area contributed by atoms with Gasteiger partial charge in [0.1, 0.15) is 5.75 Å². The number of amides is 2. The summed E-state index contributed by atoms with van der Waals surface area (Å²) in [6.45, 7) is 4.70. The average molecular weight is 416 g/mol. The zero-order valence-corrected chi connectivity index (χ0v) is 17.9. The van der Waals surface area contributed by atoms with E-state index in [9.17, 15) is 9.59 Å². The number of nitrogens with one attached hydrogen (secondary N) is 2. The molecule has 0 fully saturated rings. The zero-order valence-electron chi connectivity index (χ0n) is 17.9. The largest absolute Gasteiger partial charge is 0.493 e. The molecule has 0 aliphatic carbocycles. The van der Waals surface area contributed by atoms with E-state index in [0.717, 1.165) is 6.42 Å². The van der Waals surface area contributed by atoms with E-state index >= 15 is 0 Å². The van der Waals surface area contributed by atoms with E-state index in [1.165, 1.54) is 33.5 Å². The van der Waals surface area contributed by atoms with E-state index in [4.69, 9.17) is 18.9 Å². The second-order valence-electron chi connectivity index (χ2n) is 6.85. The number of hydrazine groups is 1. The molecular weight excluding hydrogens is 388 g/mol. The number of carbonyl (C=O) groups is 2. The Hall–Kier alpha value is -3.42. The minimum atomic E-state index is -0.541. The Kier molecular flexibility index (Phi) is 8.34. The van der Waals surface area contributed by atoms with Crippen molar-refractivity contribution in [3.63, 3.8) is 0 Å². The highest BCUT2D eigenvalue weighted by molar-refractivity contribution is 6.01. The second kappa shape index (κ2) is 10.9. The standard InChI is InChI=1S/C22H28N2O6/c1-14(2)10-11-30-17-9-7-6-8-16(17)22(26)24-23-21(25)15-12-18(27-3)20(29-5)19(13-15)28-4/h6-9,12-14H,10-11H2,1-5H3,(H,23,25)(H,24,26). The summed E-state index contributed by atoms with van der Waals surface area (Å²) in [4.78, 5) is 25.1. The van der Waals surface area contributed by atoms with Crippen LogP contribution in [0.15, 0.2) is 36.4 Å². The Bertz CT molecular complexity index is 857. The minimum absolute atomic E-state index is 0.228.